The van der Waals surface area contributed by atoms with Gasteiger partial charge in [0.2, 0.25) is 0 Å². The van der Waals surface area contributed by atoms with Crippen LogP contribution in [0.2, 0.25) is 0 Å². The molecule has 30 heavy (non-hydrogen) atoms. The summed E-state index contributed by atoms with van der Waals surface area (Å²) >= 11 is 0. The number of piperidine rings is 1. The SMILES string of the molecule is COc1ccc(CN2CCC(n3cc(C(=O)N4CCCC4)nn3)CC2)c(OC)c1C. The fraction of sp³-hybridized carbons (Fsp3) is 0.591. The van der Waals surface area contributed by atoms with Gasteiger partial charge in [-0.1, -0.05) is 11.3 Å². The fourth-order valence-corrected chi connectivity index (χ4v) is 4.58. The van der Waals surface area contributed by atoms with Crippen LogP contribution in [0.1, 0.15) is 53.3 Å². The molecule has 1 amide bonds. The molecule has 2 aliphatic rings. The van der Waals surface area contributed by atoms with E-state index in [0.29, 0.717) is 5.69 Å². The molecule has 0 bridgehead atoms. The van der Waals surface area contributed by atoms with E-state index in [4.69, 9.17) is 9.47 Å². The molecule has 0 radical (unpaired) electrons. The van der Waals surface area contributed by atoms with Gasteiger partial charge in [-0.25, -0.2) is 4.68 Å². The van der Waals surface area contributed by atoms with Gasteiger partial charge in [0.05, 0.1) is 26.5 Å². The van der Waals surface area contributed by atoms with E-state index in [0.717, 1.165) is 75.5 Å². The Morgan fingerprint density at radius 3 is 2.50 bits per heavy atom. The summed E-state index contributed by atoms with van der Waals surface area (Å²) in [7, 11) is 3.39. The zero-order chi connectivity index (χ0) is 21.1. The lowest BCUT2D eigenvalue weighted by Crippen LogP contribution is -2.34. The maximum atomic E-state index is 12.5. The number of nitrogens with zero attached hydrogens (tertiary/aromatic N) is 5. The lowest BCUT2D eigenvalue weighted by molar-refractivity contribution is 0.0787. The first-order valence-electron chi connectivity index (χ1n) is 10.7. The van der Waals surface area contributed by atoms with E-state index in [-0.39, 0.29) is 11.9 Å². The van der Waals surface area contributed by atoms with Gasteiger partial charge in [0.1, 0.15) is 11.5 Å². The zero-order valence-corrected chi connectivity index (χ0v) is 18.1. The lowest BCUT2D eigenvalue weighted by atomic mass is 10.0. The normalized spacial score (nSPS) is 18.0. The molecule has 2 aliphatic heterocycles. The summed E-state index contributed by atoms with van der Waals surface area (Å²) in [5.74, 6) is 1.76. The Bertz CT molecular complexity index is 883. The van der Waals surface area contributed by atoms with Crippen molar-refractivity contribution in [1.29, 1.82) is 0 Å². The van der Waals surface area contributed by atoms with Gasteiger partial charge < -0.3 is 14.4 Å². The molecule has 2 saturated heterocycles. The first-order chi connectivity index (χ1) is 14.6. The third kappa shape index (κ3) is 4.14. The van der Waals surface area contributed by atoms with Gasteiger partial charge in [-0.2, -0.15) is 0 Å². The van der Waals surface area contributed by atoms with Gasteiger partial charge in [0, 0.05) is 43.9 Å². The van der Waals surface area contributed by atoms with Gasteiger partial charge in [0.25, 0.3) is 5.91 Å². The number of ether oxygens (including phenoxy) is 2. The second kappa shape index (κ2) is 9.04. The molecule has 4 rings (SSSR count). The molecular weight excluding hydrogens is 382 g/mol. The average Bonchev–Trinajstić information content (AvgIpc) is 3.47. The maximum Gasteiger partial charge on any atom is 0.276 e. The van der Waals surface area contributed by atoms with Crippen LogP contribution in [0.15, 0.2) is 18.3 Å². The van der Waals surface area contributed by atoms with E-state index in [1.807, 2.05) is 28.8 Å². The van der Waals surface area contributed by atoms with E-state index in [2.05, 4.69) is 21.3 Å². The molecule has 162 valence electrons. The number of carbonyl (C=O) groups excluding carboxylic acids is 1. The minimum absolute atomic E-state index is 0.0122. The highest BCUT2D eigenvalue weighted by Gasteiger charge is 2.26. The van der Waals surface area contributed by atoms with Gasteiger partial charge >= 0.3 is 0 Å². The molecule has 2 aromatic rings. The number of likely N-dealkylation sites (tertiary alicyclic amines) is 2. The summed E-state index contributed by atoms with van der Waals surface area (Å²) in [5.41, 5.74) is 2.68. The Labute approximate surface area is 177 Å². The van der Waals surface area contributed by atoms with Crippen molar-refractivity contribution in [3.05, 3.63) is 35.2 Å². The van der Waals surface area contributed by atoms with Crippen molar-refractivity contribution in [3.63, 3.8) is 0 Å². The molecule has 0 spiro atoms. The third-order valence-corrected chi connectivity index (χ3v) is 6.31. The highest BCUT2D eigenvalue weighted by Crippen LogP contribution is 2.33. The Morgan fingerprint density at radius 2 is 1.83 bits per heavy atom. The van der Waals surface area contributed by atoms with Crippen molar-refractivity contribution < 1.29 is 14.3 Å². The Balaban J connectivity index is 1.36. The Morgan fingerprint density at radius 1 is 1.10 bits per heavy atom. The van der Waals surface area contributed by atoms with Gasteiger partial charge in [-0.3, -0.25) is 9.69 Å². The minimum Gasteiger partial charge on any atom is -0.496 e. The van der Waals surface area contributed by atoms with Gasteiger partial charge in [-0.15, -0.1) is 5.10 Å². The van der Waals surface area contributed by atoms with Gasteiger partial charge in [0.15, 0.2) is 5.69 Å². The van der Waals surface area contributed by atoms with Crippen LogP contribution >= 0.6 is 0 Å². The van der Waals surface area contributed by atoms with Crippen molar-refractivity contribution in [2.45, 2.75) is 45.2 Å². The summed E-state index contributed by atoms with van der Waals surface area (Å²) in [6, 6.07) is 4.38. The van der Waals surface area contributed by atoms with E-state index >= 15 is 0 Å². The number of carbonyl (C=O) groups is 1. The molecule has 2 fully saturated rings. The van der Waals surface area contributed by atoms with Crippen LogP contribution in [0.3, 0.4) is 0 Å². The summed E-state index contributed by atoms with van der Waals surface area (Å²) in [6.07, 6.45) is 5.96. The molecule has 1 aromatic heterocycles. The zero-order valence-electron chi connectivity index (χ0n) is 18.1. The summed E-state index contributed by atoms with van der Waals surface area (Å²) in [5, 5.41) is 8.42. The van der Waals surface area contributed by atoms with Crippen molar-refractivity contribution in [1.82, 2.24) is 24.8 Å². The van der Waals surface area contributed by atoms with Crippen LogP contribution in [-0.2, 0) is 6.54 Å². The van der Waals surface area contributed by atoms with Crippen LogP contribution in [0.25, 0.3) is 0 Å². The fourth-order valence-electron chi connectivity index (χ4n) is 4.58. The molecule has 0 N–H and O–H groups in total. The second-order valence-corrected chi connectivity index (χ2v) is 8.18. The van der Waals surface area contributed by atoms with Crippen molar-refractivity contribution in [3.8, 4) is 11.5 Å². The summed E-state index contributed by atoms with van der Waals surface area (Å²) in [6.45, 7) is 6.47. The number of amides is 1. The monoisotopic (exact) mass is 413 g/mol. The second-order valence-electron chi connectivity index (χ2n) is 8.18. The number of hydrogen-bond acceptors (Lipinski definition) is 6. The largest absolute Gasteiger partial charge is 0.496 e. The quantitative estimate of drug-likeness (QED) is 0.725. The third-order valence-electron chi connectivity index (χ3n) is 6.31. The maximum absolute atomic E-state index is 12.5. The highest BCUT2D eigenvalue weighted by molar-refractivity contribution is 5.92. The topological polar surface area (TPSA) is 72.7 Å². The van der Waals surface area contributed by atoms with Crippen molar-refractivity contribution >= 4 is 5.91 Å². The number of methoxy groups -OCH3 is 2. The highest BCUT2D eigenvalue weighted by atomic mass is 16.5. The average molecular weight is 414 g/mol. The summed E-state index contributed by atoms with van der Waals surface area (Å²) in [4.78, 5) is 16.8. The number of rotatable bonds is 6. The van der Waals surface area contributed by atoms with Crippen molar-refractivity contribution in [2.24, 2.45) is 0 Å². The van der Waals surface area contributed by atoms with E-state index in [1.54, 1.807) is 14.2 Å². The van der Waals surface area contributed by atoms with Crippen LogP contribution in [0, 0.1) is 6.92 Å². The lowest BCUT2D eigenvalue weighted by Gasteiger charge is -2.32. The minimum atomic E-state index is 0.0122. The number of aromatic nitrogens is 3. The predicted octanol–water partition coefficient (Wildman–Crippen LogP) is 2.68. The van der Waals surface area contributed by atoms with E-state index in [1.165, 1.54) is 5.56 Å². The van der Waals surface area contributed by atoms with Crippen molar-refractivity contribution in [2.75, 3.05) is 40.4 Å². The molecule has 1 aromatic carbocycles. The smallest absolute Gasteiger partial charge is 0.276 e. The molecule has 8 nitrogen and oxygen atoms in total. The van der Waals surface area contributed by atoms with Crippen LogP contribution < -0.4 is 9.47 Å². The van der Waals surface area contributed by atoms with Crippen LogP contribution in [0.4, 0.5) is 0 Å². The summed E-state index contributed by atoms with van der Waals surface area (Å²) < 4.78 is 13.0. The van der Waals surface area contributed by atoms with E-state index < -0.39 is 0 Å². The first kappa shape index (κ1) is 20.7. The molecule has 0 atom stereocenters. The Kier molecular flexibility index (Phi) is 6.22. The van der Waals surface area contributed by atoms with E-state index in [9.17, 15) is 4.79 Å². The molecule has 0 saturated carbocycles. The number of hydrogen-bond donors (Lipinski definition) is 0. The number of benzene rings is 1. The molecule has 8 heteroatoms. The van der Waals surface area contributed by atoms with Crippen LogP contribution in [-0.4, -0.2) is 71.1 Å². The molecule has 3 heterocycles. The van der Waals surface area contributed by atoms with Gasteiger partial charge in [-0.05, 0) is 38.7 Å². The molecule has 0 aliphatic carbocycles. The molecule has 0 unspecified atom stereocenters. The molecular formula is C22H31N5O3. The first-order valence-corrected chi connectivity index (χ1v) is 10.7. The predicted molar refractivity (Wildman–Crippen MR) is 113 cm³/mol. The standard InChI is InChI=1S/C22H31N5O3/c1-16-20(29-2)7-6-17(21(16)30-3)14-25-12-8-18(9-13-25)27-15-19(23-24-27)22(28)26-10-4-5-11-26/h6-7,15,18H,4-5,8-14H2,1-3H3. The van der Waals surface area contributed by atoms with Crippen LogP contribution in [0.5, 0.6) is 11.5 Å². The Hall–Kier alpha value is -2.61.